The second kappa shape index (κ2) is 5.40. The van der Waals surface area contributed by atoms with Crippen molar-refractivity contribution in [2.24, 2.45) is 0 Å². The van der Waals surface area contributed by atoms with Gasteiger partial charge in [-0.1, -0.05) is 6.92 Å². The zero-order valence-corrected chi connectivity index (χ0v) is 10.9. The molecule has 0 aromatic carbocycles. The lowest BCUT2D eigenvalue weighted by Gasteiger charge is -2.32. The van der Waals surface area contributed by atoms with E-state index in [1.54, 1.807) is 0 Å². The van der Waals surface area contributed by atoms with E-state index >= 15 is 0 Å². The minimum Gasteiger partial charge on any atom is -0.338 e. The second-order valence-electron chi connectivity index (χ2n) is 4.63. The summed E-state index contributed by atoms with van der Waals surface area (Å²) in [6, 6.07) is 0.555. The van der Waals surface area contributed by atoms with Gasteiger partial charge in [0.15, 0.2) is 0 Å². The van der Waals surface area contributed by atoms with Gasteiger partial charge in [0.25, 0.3) is 0 Å². The molecule has 1 aliphatic heterocycles. The Morgan fingerprint density at radius 3 is 2.82 bits per heavy atom. The average molecular weight is 235 g/mol. The third-order valence-electron chi connectivity index (χ3n) is 3.28. The lowest BCUT2D eigenvalue weighted by molar-refractivity contribution is 0.426. The standard InChI is InChI=1S/C12H21N5/c1-4-13-11-6-5-7-17(8-11)12-14-9(2)10(3)15-16-12/h11,13H,4-8H2,1-3H3. The highest BCUT2D eigenvalue weighted by Crippen LogP contribution is 2.16. The summed E-state index contributed by atoms with van der Waals surface area (Å²) < 4.78 is 0. The molecular weight excluding hydrogens is 214 g/mol. The summed E-state index contributed by atoms with van der Waals surface area (Å²) in [5.74, 6) is 0.774. The Bertz CT molecular complexity index is 377. The lowest BCUT2D eigenvalue weighted by atomic mass is 10.1. The number of hydrogen-bond donors (Lipinski definition) is 1. The van der Waals surface area contributed by atoms with E-state index in [2.05, 4.69) is 32.3 Å². The minimum absolute atomic E-state index is 0.555. The van der Waals surface area contributed by atoms with Crippen LogP contribution in [0.2, 0.25) is 0 Å². The molecule has 1 saturated heterocycles. The lowest BCUT2D eigenvalue weighted by Crippen LogP contribution is -2.46. The molecular formula is C12H21N5. The van der Waals surface area contributed by atoms with Crippen LogP contribution in [0.1, 0.15) is 31.2 Å². The number of nitrogens with one attached hydrogen (secondary N) is 1. The molecule has 0 aliphatic carbocycles. The largest absolute Gasteiger partial charge is 0.338 e. The van der Waals surface area contributed by atoms with Crippen LogP contribution in [0.15, 0.2) is 0 Å². The van der Waals surface area contributed by atoms with Gasteiger partial charge < -0.3 is 10.2 Å². The van der Waals surface area contributed by atoms with Crippen LogP contribution in [0.25, 0.3) is 0 Å². The summed E-state index contributed by atoms with van der Waals surface area (Å²) >= 11 is 0. The topological polar surface area (TPSA) is 53.9 Å². The van der Waals surface area contributed by atoms with E-state index < -0.39 is 0 Å². The first kappa shape index (κ1) is 12.2. The molecule has 17 heavy (non-hydrogen) atoms. The summed E-state index contributed by atoms with van der Waals surface area (Å²) in [4.78, 5) is 6.75. The highest BCUT2D eigenvalue weighted by Gasteiger charge is 2.21. The van der Waals surface area contributed by atoms with Crippen LogP contribution in [-0.4, -0.2) is 40.9 Å². The van der Waals surface area contributed by atoms with E-state index in [4.69, 9.17) is 0 Å². The Kier molecular flexibility index (Phi) is 3.89. The van der Waals surface area contributed by atoms with Gasteiger partial charge in [0.2, 0.25) is 5.95 Å². The third-order valence-corrected chi connectivity index (χ3v) is 3.28. The summed E-state index contributed by atoms with van der Waals surface area (Å²) in [7, 11) is 0. The van der Waals surface area contributed by atoms with Crippen LogP contribution in [0.4, 0.5) is 5.95 Å². The van der Waals surface area contributed by atoms with Crippen molar-refractivity contribution in [1.29, 1.82) is 0 Å². The van der Waals surface area contributed by atoms with Crippen molar-refractivity contribution in [3.63, 3.8) is 0 Å². The van der Waals surface area contributed by atoms with Crippen molar-refractivity contribution in [2.45, 2.75) is 39.7 Å². The molecule has 0 bridgehead atoms. The zero-order valence-electron chi connectivity index (χ0n) is 10.9. The highest BCUT2D eigenvalue weighted by molar-refractivity contribution is 5.31. The van der Waals surface area contributed by atoms with E-state index in [0.29, 0.717) is 6.04 Å². The maximum Gasteiger partial charge on any atom is 0.245 e. The molecule has 0 saturated carbocycles. The Morgan fingerprint density at radius 2 is 2.12 bits per heavy atom. The molecule has 2 rings (SSSR count). The van der Waals surface area contributed by atoms with Crippen LogP contribution in [0, 0.1) is 13.8 Å². The number of anilines is 1. The van der Waals surface area contributed by atoms with Crippen molar-refractivity contribution in [3.8, 4) is 0 Å². The van der Waals surface area contributed by atoms with Gasteiger partial charge in [0.05, 0.1) is 11.4 Å². The van der Waals surface area contributed by atoms with Gasteiger partial charge in [-0.3, -0.25) is 0 Å². The van der Waals surface area contributed by atoms with Gasteiger partial charge in [0.1, 0.15) is 0 Å². The van der Waals surface area contributed by atoms with Gasteiger partial charge in [-0.2, -0.15) is 5.10 Å². The van der Waals surface area contributed by atoms with E-state index in [1.807, 2.05) is 13.8 Å². The van der Waals surface area contributed by atoms with Crippen LogP contribution < -0.4 is 10.2 Å². The molecule has 1 unspecified atom stereocenters. The van der Waals surface area contributed by atoms with Crippen LogP contribution in [0.3, 0.4) is 0 Å². The molecule has 1 aromatic rings. The normalized spacial score (nSPS) is 20.6. The summed E-state index contributed by atoms with van der Waals surface area (Å²) in [5, 5.41) is 11.8. The summed E-state index contributed by atoms with van der Waals surface area (Å²) in [6.45, 7) is 9.11. The Morgan fingerprint density at radius 1 is 1.29 bits per heavy atom. The Balaban J connectivity index is 2.08. The summed E-state index contributed by atoms with van der Waals surface area (Å²) in [6.07, 6.45) is 2.43. The first-order valence-electron chi connectivity index (χ1n) is 6.37. The fraction of sp³-hybridized carbons (Fsp3) is 0.750. The molecule has 94 valence electrons. The highest BCUT2D eigenvalue weighted by atomic mass is 15.3. The van der Waals surface area contributed by atoms with E-state index in [9.17, 15) is 0 Å². The molecule has 0 radical (unpaired) electrons. The van der Waals surface area contributed by atoms with Crippen molar-refractivity contribution >= 4 is 5.95 Å². The molecule has 1 atom stereocenters. The molecule has 0 amide bonds. The first-order valence-corrected chi connectivity index (χ1v) is 6.37. The van der Waals surface area contributed by atoms with E-state index in [0.717, 1.165) is 37.0 Å². The first-order chi connectivity index (χ1) is 8.20. The molecule has 1 N–H and O–H groups in total. The maximum atomic E-state index is 4.52. The van der Waals surface area contributed by atoms with Crippen molar-refractivity contribution < 1.29 is 0 Å². The molecule has 5 nitrogen and oxygen atoms in total. The smallest absolute Gasteiger partial charge is 0.245 e. The Labute approximate surface area is 103 Å². The monoisotopic (exact) mass is 235 g/mol. The molecule has 1 aromatic heterocycles. The van der Waals surface area contributed by atoms with Gasteiger partial charge in [-0.05, 0) is 33.2 Å². The maximum absolute atomic E-state index is 4.52. The van der Waals surface area contributed by atoms with E-state index in [-0.39, 0.29) is 0 Å². The zero-order chi connectivity index (χ0) is 12.3. The third kappa shape index (κ3) is 2.91. The van der Waals surface area contributed by atoms with Gasteiger partial charge >= 0.3 is 0 Å². The predicted octanol–water partition coefficient (Wildman–Crippen LogP) is 1.07. The number of nitrogens with zero attached hydrogens (tertiary/aromatic N) is 4. The average Bonchev–Trinajstić information content (AvgIpc) is 2.33. The minimum atomic E-state index is 0.555. The van der Waals surface area contributed by atoms with Crippen LogP contribution in [0.5, 0.6) is 0 Å². The van der Waals surface area contributed by atoms with Gasteiger partial charge in [-0.25, -0.2) is 4.98 Å². The SMILES string of the molecule is CCNC1CCCN(c2nnc(C)c(C)n2)C1. The summed E-state index contributed by atoms with van der Waals surface area (Å²) in [5.41, 5.74) is 1.88. The van der Waals surface area contributed by atoms with Crippen LogP contribution >= 0.6 is 0 Å². The number of aryl methyl sites for hydroxylation is 2. The fourth-order valence-electron chi connectivity index (χ4n) is 2.19. The molecule has 5 heteroatoms. The second-order valence-corrected chi connectivity index (χ2v) is 4.63. The van der Waals surface area contributed by atoms with E-state index in [1.165, 1.54) is 12.8 Å². The van der Waals surface area contributed by atoms with Crippen LogP contribution in [-0.2, 0) is 0 Å². The molecule has 0 spiro atoms. The molecule has 2 heterocycles. The number of hydrogen-bond acceptors (Lipinski definition) is 5. The van der Waals surface area contributed by atoms with Gasteiger partial charge in [-0.15, -0.1) is 5.10 Å². The fourth-order valence-corrected chi connectivity index (χ4v) is 2.19. The predicted molar refractivity (Wildman–Crippen MR) is 68.2 cm³/mol. The quantitative estimate of drug-likeness (QED) is 0.849. The molecule has 1 fully saturated rings. The van der Waals surface area contributed by atoms with Crippen molar-refractivity contribution in [1.82, 2.24) is 20.5 Å². The number of aromatic nitrogens is 3. The van der Waals surface area contributed by atoms with Gasteiger partial charge in [0, 0.05) is 19.1 Å². The number of piperidine rings is 1. The van der Waals surface area contributed by atoms with Crippen molar-refractivity contribution in [2.75, 3.05) is 24.5 Å². The molecule has 1 aliphatic rings. The Hall–Kier alpha value is -1.23. The number of rotatable bonds is 3. The number of likely N-dealkylation sites (N-methyl/N-ethyl adjacent to an activating group) is 1. The van der Waals surface area contributed by atoms with Crippen molar-refractivity contribution in [3.05, 3.63) is 11.4 Å².